The fourth-order valence-electron chi connectivity index (χ4n) is 2.99. The maximum absolute atomic E-state index is 12.7. The zero-order chi connectivity index (χ0) is 20.4. The summed E-state index contributed by atoms with van der Waals surface area (Å²) < 4.78 is 5.46. The number of allylic oxidation sites excluding steroid dienone is 3. The van der Waals surface area contributed by atoms with Crippen molar-refractivity contribution in [3.8, 4) is 0 Å². The summed E-state index contributed by atoms with van der Waals surface area (Å²) in [6.07, 6.45) is 10.9. The first-order chi connectivity index (χ1) is 13.5. The first kappa shape index (κ1) is 21.4. The van der Waals surface area contributed by atoms with Crippen LogP contribution < -0.4 is 5.32 Å². The van der Waals surface area contributed by atoms with Gasteiger partial charge < -0.3 is 14.9 Å². The number of hydrogen-bond donors (Lipinski definition) is 1. The van der Waals surface area contributed by atoms with Gasteiger partial charge in [0.2, 0.25) is 0 Å². The molecule has 0 radical (unpaired) electrons. The van der Waals surface area contributed by atoms with Crippen molar-refractivity contribution in [1.29, 1.82) is 0 Å². The number of carbonyl (C=O) groups excluding carboxylic acids is 2. The van der Waals surface area contributed by atoms with Crippen molar-refractivity contribution in [2.24, 2.45) is 5.16 Å². The molecular formula is C22H28N2O4. The monoisotopic (exact) mass is 384 g/mol. The van der Waals surface area contributed by atoms with Crippen LogP contribution in [0.25, 0.3) is 0 Å². The molecule has 150 valence electrons. The van der Waals surface area contributed by atoms with Crippen LogP contribution in [0.1, 0.15) is 46.3 Å². The van der Waals surface area contributed by atoms with E-state index >= 15 is 0 Å². The van der Waals surface area contributed by atoms with Gasteiger partial charge in [0.25, 0.3) is 5.91 Å². The highest BCUT2D eigenvalue weighted by Gasteiger charge is 2.18. The Morgan fingerprint density at radius 3 is 2.71 bits per heavy atom. The first-order valence-corrected chi connectivity index (χ1v) is 9.49. The van der Waals surface area contributed by atoms with Crippen LogP contribution in [0, 0.1) is 13.8 Å². The zero-order valence-corrected chi connectivity index (χ0v) is 16.8. The SMILES string of the molecule is CNC(=O)CO/N=C1\C=CCC/C=C/CCOC(=O)c2c(C)cc(C)cc2C1. The van der Waals surface area contributed by atoms with Gasteiger partial charge in [-0.1, -0.05) is 41.1 Å². The number of rotatable bonds is 3. The zero-order valence-electron chi connectivity index (χ0n) is 16.8. The minimum absolute atomic E-state index is 0.154. The number of amides is 1. The second-order valence-corrected chi connectivity index (χ2v) is 6.70. The third-order valence-corrected chi connectivity index (χ3v) is 4.29. The number of carbonyl (C=O) groups is 2. The molecule has 6 nitrogen and oxygen atoms in total. The molecule has 1 N–H and O–H groups in total. The van der Waals surface area contributed by atoms with Crippen molar-refractivity contribution in [2.45, 2.75) is 39.5 Å². The van der Waals surface area contributed by atoms with E-state index in [1.807, 2.05) is 44.2 Å². The van der Waals surface area contributed by atoms with Gasteiger partial charge in [-0.05, 0) is 50.3 Å². The minimum atomic E-state index is -0.326. The Hall–Kier alpha value is -2.89. The summed E-state index contributed by atoms with van der Waals surface area (Å²) in [6, 6.07) is 3.94. The standard InChI is InChI=1S/C22H28N2O4/c1-16-12-17(2)21-18(13-16)14-19(24-28-15-20(25)23-3)10-8-6-4-5-7-9-11-27-22(21)26/h5,7-8,10,12-13H,4,6,9,11,14-15H2,1-3H3,(H,23,25)/b7-5+,10-8?,24-19+. The van der Waals surface area contributed by atoms with E-state index in [1.165, 1.54) is 0 Å². The Morgan fingerprint density at radius 2 is 1.93 bits per heavy atom. The van der Waals surface area contributed by atoms with Crippen LogP contribution in [-0.4, -0.2) is 37.8 Å². The largest absolute Gasteiger partial charge is 0.462 e. The second kappa shape index (κ2) is 11.1. The summed E-state index contributed by atoms with van der Waals surface area (Å²) in [5, 5.41) is 6.61. The highest BCUT2D eigenvalue weighted by Crippen LogP contribution is 2.20. The van der Waals surface area contributed by atoms with Gasteiger partial charge in [-0.25, -0.2) is 4.79 Å². The van der Waals surface area contributed by atoms with Crippen molar-refractivity contribution in [3.05, 3.63) is 58.7 Å². The molecule has 0 spiro atoms. The molecule has 0 aromatic heterocycles. The number of fused-ring (bicyclic) bond motifs is 1. The van der Waals surface area contributed by atoms with Gasteiger partial charge in [0.1, 0.15) is 0 Å². The summed E-state index contributed by atoms with van der Waals surface area (Å²) in [5.74, 6) is -0.581. The average Bonchev–Trinajstić information content (AvgIpc) is 2.65. The molecule has 6 heteroatoms. The third kappa shape index (κ3) is 6.68. The maximum atomic E-state index is 12.7. The first-order valence-electron chi connectivity index (χ1n) is 9.49. The number of esters is 1. The van der Waals surface area contributed by atoms with E-state index in [1.54, 1.807) is 7.05 Å². The van der Waals surface area contributed by atoms with Crippen molar-refractivity contribution in [2.75, 3.05) is 20.3 Å². The topological polar surface area (TPSA) is 77.0 Å². The second-order valence-electron chi connectivity index (χ2n) is 6.70. The van der Waals surface area contributed by atoms with Crippen LogP contribution in [-0.2, 0) is 20.8 Å². The number of hydrogen-bond acceptors (Lipinski definition) is 5. The molecule has 1 aromatic rings. The molecule has 0 fully saturated rings. The molecule has 1 heterocycles. The fraction of sp³-hybridized carbons (Fsp3) is 0.409. The smallest absolute Gasteiger partial charge is 0.338 e. The van der Waals surface area contributed by atoms with Crippen LogP contribution in [0.2, 0.25) is 0 Å². The van der Waals surface area contributed by atoms with E-state index in [-0.39, 0.29) is 18.5 Å². The molecule has 2 rings (SSSR count). The lowest BCUT2D eigenvalue weighted by molar-refractivity contribution is -0.125. The van der Waals surface area contributed by atoms with Crippen LogP contribution in [0.3, 0.4) is 0 Å². The lowest BCUT2D eigenvalue weighted by atomic mass is 9.95. The Kier molecular flexibility index (Phi) is 8.46. The van der Waals surface area contributed by atoms with Gasteiger partial charge in [0.15, 0.2) is 6.61 Å². The highest BCUT2D eigenvalue weighted by molar-refractivity contribution is 5.99. The fourth-order valence-corrected chi connectivity index (χ4v) is 2.99. The Morgan fingerprint density at radius 1 is 1.18 bits per heavy atom. The molecule has 1 aliphatic rings. The van der Waals surface area contributed by atoms with Crippen molar-refractivity contribution >= 4 is 17.6 Å². The van der Waals surface area contributed by atoms with Crippen LogP contribution >= 0.6 is 0 Å². The van der Waals surface area contributed by atoms with E-state index < -0.39 is 0 Å². The number of oxime groups is 1. The van der Waals surface area contributed by atoms with Gasteiger partial charge in [-0.15, -0.1) is 0 Å². The molecule has 0 bridgehead atoms. The summed E-state index contributed by atoms with van der Waals surface area (Å²) in [5.41, 5.74) is 3.98. The van der Waals surface area contributed by atoms with Gasteiger partial charge in [-0.3, -0.25) is 4.79 Å². The summed E-state index contributed by atoms with van der Waals surface area (Å²) in [6.45, 7) is 4.10. The molecule has 0 unspecified atom stereocenters. The van der Waals surface area contributed by atoms with Crippen molar-refractivity contribution in [3.63, 3.8) is 0 Å². The van der Waals surface area contributed by atoms with E-state index in [9.17, 15) is 9.59 Å². The summed E-state index contributed by atoms with van der Waals surface area (Å²) in [7, 11) is 1.54. The number of cyclic esters (lactones) is 1. The van der Waals surface area contributed by atoms with E-state index in [0.717, 1.165) is 29.5 Å². The van der Waals surface area contributed by atoms with E-state index in [4.69, 9.17) is 9.57 Å². The molecule has 1 aliphatic heterocycles. The highest BCUT2D eigenvalue weighted by atomic mass is 16.6. The summed E-state index contributed by atoms with van der Waals surface area (Å²) in [4.78, 5) is 29.2. The number of benzene rings is 1. The predicted molar refractivity (Wildman–Crippen MR) is 109 cm³/mol. The van der Waals surface area contributed by atoms with Crippen LogP contribution in [0.4, 0.5) is 0 Å². The molecule has 0 aliphatic carbocycles. The number of aryl methyl sites for hydroxylation is 2. The van der Waals surface area contributed by atoms with Gasteiger partial charge in [0, 0.05) is 13.5 Å². The molecule has 0 atom stereocenters. The van der Waals surface area contributed by atoms with E-state index in [2.05, 4.69) is 16.5 Å². The Bertz CT molecular complexity index is 794. The number of likely N-dealkylation sites (N-methyl/N-ethyl adjacent to an activating group) is 1. The Balaban J connectivity index is 2.36. The molecule has 0 saturated carbocycles. The number of nitrogens with one attached hydrogen (secondary N) is 1. The van der Waals surface area contributed by atoms with E-state index in [0.29, 0.717) is 30.7 Å². The van der Waals surface area contributed by atoms with Crippen LogP contribution in [0.15, 0.2) is 41.6 Å². The third-order valence-electron chi connectivity index (χ3n) is 4.29. The molecule has 28 heavy (non-hydrogen) atoms. The number of nitrogens with zero attached hydrogens (tertiary/aromatic N) is 1. The predicted octanol–water partition coefficient (Wildman–Crippen LogP) is 3.42. The lowest BCUT2D eigenvalue weighted by Crippen LogP contribution is -2.22. The molecule has 0 saturated heterocycles. The quantitative estimate of drug-likeness (QED) is 0.492. The van der Waals surface area contributed by atoms with Gasteiger partial charge in [-0.2, -0.15) is 0 Å². The average molecular weight is 384 g/mol. The maximum Gasteiger partial charge on any atom is 0.338 e. The van der Waals surface area contributed by atoms with Crippen molar-refractivity contribution in [1.82, 2.24) is 5.32 Å². The van der Waals surface area contributed by atoms with Crippen LogP contribution in [0.5, 0.6) is 0 Å². The van der Waals surface area contributed by atoms with Crippen molar-refractivity contribution < 1.29 is 19.2 Å². The Labute approximate surface area is 166 Å². The van der Waals surface area contributed by atoms with Gasteiger partial charge >= 0.3 is 5.97 Å². The normalized spacial score (nSPS) is 18.0. The molecular weight excluding hydrogens is 356 g/mol. The minimum Gasteiger partial charge on any atom is -0.462 e. The summed E-state index contributed by atoms with van der Waals surface area (Å²) >= 11 is 0. The van der Waals surface area contributed by atoms with Gasteiger partial charge in [0.05, 0.1) is 17.9 Å². The lowest BCUT2D eigenvalue weighted by Gasteiger charge is -2.14. The molecule has 1 amide bonds. The molecule has 1 aromatic carbocycles. The number of ether oxygens (including phenoxy) is 1.